The highest BCUT2D eigenvalue weighted by atomic mass is 16.6. The van der Waals surface area contributed by atoms with Crippen LogP contribution < -0.4 is 10.6 Å². The van der Waals surface area contributed by atoms with Gasteiger partial charge in [-0.2, -0.15) is 0 Å². The number of nitrogens with two attached hydrogens (primary N) is 1. The van der Waals surface area contributed by atoms with Gasteiger partial charge in [0.25, 0.3) is 0 Å². The fraction of sp³-hybridized carbons (Fsp3) is 0.214. The second-order valence-electron chi connectivity index (χ2n) is 4.50. The Morgan fingerprint density at radius 1 is 1.30 bits per heavy atom. The van der Waals surface area contributed by atoms with Crippen LogP contribution in [0, 0.1) is 10.1 Å². The van der Waals surface area contributed by atoms with Crippen LogP contribution in [0.3, 0.4) is 0 Å². The van der Waals surface area contributed by atoms with Crippen LogP contribution in [-0.2, 0) is 6.42 Å². The van der Waals surface area contributed by atoms with E-state index in [-0.39, 0.29) is 11.4 Å². The first kappa shape index (κ1) is 13.8. The van der Waals surface area contributed by atoms with Gasteiger partial charge in [0, 0.05) is 26.0 Å². The van der Waals surface area contributed by atoms with Gasteiger partial charge in [-0.25, -0.2) is 0 Å². The smallest absolute Gasteiger partial charge is 0.315 e. The third-order valence-corrected chi connectivity index (χ3v) is 3.13. The van der Waals surface area contributed by atoms with Crippen LogP contribution >= 0.6 is 0 Å². The number of likely N-dealkylation sites (N-methyl/N-ethyl adjacent to an activating group) is 1. The first-order valence-corrected chi connectivity index (χ1v) is 6.22. The summed E-state index contributed by atoms with van der Waals surface area (Å²) in [7, 11) is 1.82. The molecule has 0 aliphatic heterocycles. The predicted octanol–water partition coefficient (Wildman–Crippen LogP) is 2.25. The van der Waals surface area contributed by atoms with Crippen LogP contribution in [0.15, 0.2) is 42.7 Å². The number of anilines is 2. The van der Waals surface area contributed by atoms with Crippen molar-refractivity contribution in [3.05, 3.63) is 58.4 Å². The summed E-state index contributed by atoms with van der Waals surface area (Å²) in [5.74, 6) is 0. The molecule has 20 heavy (non-hydrogen) atoms. The maximum Gasteiger partial charge on any atom is 0.315 e. The molecule has 0 aliphatic carbocycles. The van der Waals surface area contributed by atoms with E-state index in [4.69, 9.17) is 5.73 Å². The Labute approximate surface area is 117 Å². The maximum atomic E-state index is 11.1. The number of pyridine rings is 1. The Kier molecular flexibility index (Phi) is 4.14. The molecule has 2 aromatic rings. The zero-order valence-corrected chi connectivity index (χ0v) is 11.2. The molecule has 6 nitrogen and oxygen atoms in total. The minimum absolute atomic E-state index is 0.0373. The molecule has 0 spiro atoms. The van der Waals surface area contributed by atoms with Gasteiger partial charge in [0.05, 0.1) is 4.92 Å². The molecule has 1 aromatic carbocycles. The van der Waals surface area contributed by atoms with Gasteiger partial charge in [0.2, 0.25) is 0 Å². The van der Waals surface area contributed by atoms with E-state index in [2.05, 4.69) is 4.98 Å². The normalized spacial score (nSPS) is 10.2. The van der Waals surface area contributed by atoms with Gasteiger partial charge in [-0.1, -0.05) is 6.07 Å². The number of nitro benzene ring substituents is 1. The number of para-hydroxylation sites is 1. The molecule has 2 rings (SSSR count). The van der Waals surface area contributed by atoms with E-state index in [1.165, 1.54) is 0 Å². The van der Waals surface area contributed by atoms with Gasteiger partial charge in [-0.15, -0.1) is 0 Å². The summed E-state index contributed by atoms with van der Waals surface area (Å²) in [5.41, 5.74) is 7.51. The molecule has 0 atom stereocenters. The molecule has 0 saturated heterocycles. The molecule has 0 unspecified atom stereocenters. The molecule has 0 amide bonds. The number of benzene rings is 1. The number of rotatable bonds is 5. The molecule has 0 radical (unpaired) electrons. The van der Waals surface area contributed by atoms with Gasteiger partial charge in [0.1, 0.15) is 11.4 Å². The van der Waals surface area contributed by atoms with Crippen molar-refractivity contribution in [2.24, 2.45) is 0 Å². The average molecular weight is 272 g/mol. The summed E-state index contributed by atoms with van der Waals surface area (Å²) >= 11 is 0. The number of hydrogen-bond acceptors (Lipinski definition) is 5. The molecular formula is C14H16N4O2. The topological polar surface area (TPSA) is 85.3 Å². The molecule has 104 valence electrons. The second kappa shape index (κ2) is 6.01. The minimum atomic E-state index is -0.437. The van der Waals surface area contributed by atoms with Crippen molar-refractivity contribution in [3.8, 4) is 0 Å². The van der Waals surface area contributed by atoms with E-state index in [9.17, 15) is 10.1 Å². The molecular weight excluding hydrogens is 256 g/mol. The van der Waals surface area contributed by atoms with E-state index < -0.39 is 4.92 Å². The lowest BCUT2D eigenvalue weighted by Gasteiger charge is -2.19. The lowest BCUT2D eigenvalue weighted by Crippen LogP contribution is -2.21. The quantitative estimate of drug-likeness (QED) is 0.512. The largest absolute Gasteiger partial charge is 0.393 e. The lowest BCUT2D eigenvalue weighted by atomic mass is 10.1. The van der Waals surface area contributed by atoms with Crippen LogP contribution in [0.25, 0.3) is 0 Å². The summed E-state index contributed by atoms with van der Waals surface area (Å²) in [6.07, 6.45) is 4.25. The van der Waals surface area contributed by atoms with Gasteiger partial charge in [0.15, 0.2) is 0 Å². The van der Waals surface area contributed by atoms with Crippen LogP contribution in [-0.4, -0.2) is 23.5 Å². The summed E-state index contributed by atoms with van der Waals surface area (Å²) in [6.45, 7) is 0.661. The number of hydrogen-bond donors (Lipinski definition) is 1. The maximum absolute atomic E-state index is 11.1. The van der Waals surface area contributed by atoms with Crippen molar-refractivity contribution in [1.29, 1.82) is 0 Å². The van der Waals surface area contributed by atoms with Crippen LogP contribution in [0.1, 0.15) is 5.56 Å². The highest BCUT2D eigenvalue weighted by Crippen LogP contribution is 2.32. The third kappa shape index (κ3) is 3.03. The third-order valence-electron chi connectivity index (χ3n) is 3.13. The van der Waals surface area contributed by atoms with Crippen molar-refractivity contribution < 1.29 is 4.92 Å². The Hall–Kier alpha value is -2.63. The highest BCUT2D eigenvalue weighted by molar-refractivity contribution is 5.75. The van der Waals surface area contributed by atoms with Crippen LogP contribution in [0.2, 0.25) is 0 Å². The Bertz CT molecular complexity index is 601. The van der Waals surface area contributed by atoms with Gasteiger partial charge >= 0.3 is 5.69 Å². The van der Waals surface area contributed by atoms with E-state index in [1.807, 2.05) is 24.1 Å². The number of nitrogens with zero attached hydrogens (tertiary/aromatic N) is 3. The Morgan fingerprint density at radius 2 is 2.00 bits per heavy atom. The molecule has 0 aliphatic rings. The van der Waals surface area contributed by atoms with E-state index in [0.717, 1.165) is 12.0 Å². The van der Waals surface area contributed by atoms with Crippen LogP contribution in [0.5, 0.6) is 0 Å². The average Bonchev–Trinajstić information content (AvgIpc) is 2.45. The van der Waals surface area contributed by atoms with E-state index >= 15 is 0 Å². The summed E-state index contributed by atoms with van der Waals surface area (Å²) in [6, 6.07) is 8.84. The van der Waals surface area contributed by atoms with E-state index in [1.54, 1.807) is 30.6 Å². The monoisotopic (exact) mass is 272 g/mol. The van der Waals surface area contributed by atoms with Crippen molar-refractivity contribution >= 4 is 17.1 Å². The minimum Gasteiger partial charge on any atom is -0.393 e. The number of nitro groups is 1. The van der Waals surface area contributed by atoms with Crippen molar-refractivity contribution in [3.63, 3.8) is 0 Å². The molecule has 2 N–H and O–H groups in total. The van der Waals surface area contributed by atoms with Crippen LogP contribution in [0.4, 0.5) is 17.1 Å². The highest BCUT2D eigenvalue weighted by Gasteiger charge is 2.20. The summed E-state index contributed by atoms with van der Waals surface area (Å²) in [5, 5.41) is 11.1. The SMILES string of the molecule is CN(CCc1ccncc1)c1cccc(N)c1[N+](=O)[O-]. The van der Waals surface area contributed by atoms with Gasteiger partial charge < -0.3 is 10.6 Å². The standard InChI is InChI=1S/C14H16N4O2/c1-17(10-7-11-5-8-16-9-6-11)13-4-2-3-12(15)14(13)18(19)20/h2-6,8-9H,7,10,15H2,1H3. The lowest BCUT2D eigenvalue weighted by molar-refractivity contribution is -0.383. The number of nitrogen functional groups attached to an aromatic ring is 1. The van der Waals surface area contributed by atoms with Crippen molar-refractivity contribution in [2.75, 3.05) is 24.2 Å². The fourth-order valence-corrected chi connectivity index (χ4v) is 2.02. The molecule has 0 fully saturated rings. The van der Waals surface area contributed by atoms with E-state index in [0.29, 0.717) is 12.2 Å². The molecule has 1 aromatic heterocycles. The van der Waals surface area contributed by atoms with Gasteiger partial charge in [-0.05, 0) is 36.2 Å². The van der Waals surface area contributed by atoms with Crippen molar-refractivity contribution in [2.45, 2.75) is 6.42 Å². The Morgan fingerprint density at radius 3 is 2.65 bits per heavy atom. The second-order valence-corrected chi connectivity index (χ2v) is 4.50. The zero-order valence-electron chi connectivity index (χ0n) is 11.2. The fourth-order valence-electron chi connectivity index (χ4n) is 2.02. The molecule has 1 heterocycles. The Balaban J connectivity index is 2.15. The summed E-state index contributed by atoms with van der Waals surface area (Å²) in [4.78, 5) is 16.5. The molecule has 6 heteroatoms. The number of aromatic nitrogens is 1. The van der Waals surface area contributed by atoms with Crippen molar-refractivity contribution in [1.82, 2.24) is 4.98 Å². The molecule has 0 bridgehead atoms. The first-order valence-electron chi connectivity index (χ1n) is 6.22. The molecule has 0 saturated carbocycles. The summed E-state index contributed by atoms with van der Waals surface area (Å²) < 4.78 is 0. The predicted molar refractivity (Wildman–Crippen MR) is 78.7 cm³/mol. The first-order chi connectivity index (χ1) is 9.59. The van der Waals surface area contributed by atoms with Gasteiger partial charge in [-0.3, -0.25) is 15.1 Å². The zero-order chi connectivity index (χ0) is 14.5.